The van der Waals surface area contributed by atoms with Gasteiger partial charge in [0.2, 0.25) is 0 Å². The lowest BCUT2D eigenvalue weighted by molar-refractivity contribution is -0.137. The molecule has 4 nitrogen and oxygen atoms in total. The van der Waals surface area contributed by atoms with E-state index >= 15 is 0 Å². The molecule has 0 spiro atoms. The second-order valence-electron chi connectivity index (χ2n) is 5.49. The van der Waals surface area contributed by atoms with Crippen molar-refractivity contribution in [2.75, 3.05) is 6.61 Å². The molecule has 0 aliphatic rings. The Morgan fingerprint density at radius 1 is 1.20 bits per heavy atom. The maximum Gasteiger partial charge on any atom is 0.330 e. The van der Waals surface area contributed by atoms with Gasteiger partial charge in [0.1, 0.15) is 11.5 Å². The van der Waals surface area contributed by atoms with Crippen molar-refractivity contribution in [2.45, 2.75) is 6.92 Å². The number of ether oxygens (including phenoxy) is 2. The average molecular weight is 356 g/mol. The van der Waals surface area contributed by atoms with Crippen molar-refractivity contribution in [1.29, 1.82) is 0 Å². The summed E-state index contributed by atoms with van der Waals surface area (Å²) < 4.78 is 13.0. The first-order valence-electron chi connectivity index (χ1n) is 7.95. The number of carbonyl (C=O) groups is 1. The molecule has 1 heterocycles. The van der Waals surface area contributed by atoms with E-state index in [0.717, 1.165) is 16.5 Å². The van der Waals surface area contributed by atoms with Crippen molar-refractivity contribution in [3.05, 3.63) is 65.3 Å². The van der Waals surface area contributed by atoms with Gasteiger partial charge in [-0.2, -0.15) is 0 Å². The van der Waals surface area contributed by atoms with E-state index in [2.05, 4.69) is 0 Å². The number of hydrogen-bond acceptors (Lipinski definition) is 3. The van der Waals surface area contributed by atoms with Gasteiger partial charge in [-0.05, 0) is 49.4 Å². The largest absolute Gasteiger partial charge is 0.463 e. The quantitative estimate of drug-likeness (QED) is 0.466. The lowest BCUT2D eigenvalue weighted by Crippen LogP contribution is -1.98. The number of fused-ring (bicyclic) bond motifs is 1. The lowest BCUT2D eigenvalue weighted by atomic mass is 10.1. The molecular weight excluding hydrogens is 338 g/mol. The maximum absolute atomic E-state index is 11.6. The van der Waals surface area contributed by atoms with Crippen molar-refractivity contribution in [3.8, 4) is 11.5 Å². The summed E-state index contributed by atoms with van der Waals surface area (Å²) in [4.78, 5) is 11.6. The molecular formula is C20H18ClNO3. The van der Waals surface area contributed by atoms with Gasteiger partial charge in [-0.25, -0.2) is 4.79 Å². The SMILES string of the molecule is CCOC(=O)/C=C/c1cn(C)c2cccc(Oc3ccc(Cl)cc3)c12. The Labute approximate surface area is 151 Å². The molecule has 0 unspecified atom stereocenters. The van der Waals surface area contributed by atoms with Crippen molar-refractivity contribution in [3.63, 3.8) is 0 Å². The normalized spacial score (nSPS) is 11.2. The van der Waals surface area contributed by atoms with Gasteiger partial charge in [0.05, 0.1) is 12.1 Å². The number of hydrogen-bond donors (Lipinski definition) is 0. The molecule has 2 aromatic carbocycles. The predicted octanol–water partition coefficient (Wildman–Crippen LogP) is 5.20. The summed E-state index contributed by atoms with van der Waals surface area (Å²) in [7, 11) is 1.95. The Morgan fingerprint density at radius 2 is 1.96 bits per heavy atom. The summed E-state index contributed by atoms with van der Waals surface area (Å²) in [6.45, 7) is 2.13. The molecule has 0 bridgehead atoms. The first-order valence-corrected chi connectivity index (χ1v) is 8.32. The highest BCUT2D eigenvalue weighted by molar-refractivity contribution is 6.30. The third kappa shape index (κ3) is 3.86. The van der Waals surface area contributed by atoms with E-state index < -0.39 is 0 Å². The molecule has 3 aromatic rings. The summed E-state index contributed by atoms with van der Waals surface area (Å²) >= 11 is 5.92. The van der Waals surface area contributed by atoms with Crippen LogP contribution >= 0.6 is 11.6 Å². The Kier molecular flexibility index (Phi) is 5.10. The van der Waals surface area contributed by atoms with Crippen LogP contribution in [0.3, 0.4) is 0 Å². The Balaban J connectivity index is 2.01. The van der Waals surface area contributed by atoms with E-state index in [-0.39, 0.29) is 5.97 Å². The summed E-state index contributed by atoms with van der Waals surface area (Å²) in [5.41, 5.74) is 1.89. The summed E-state index contributed by atoms with van der Waals surface area (Å²) in [6, 6.07) is 13.0. The molecule has 0 amide bonds. The zero-order valence-electron chi connectivity index (χ0n) is 14.0. The van der Waals surface area contributed by atoms with Gasteiger partial charge in [0.15, 0.2) is 0 Å². The minimum absolute atomic E-state index is 0.351. The second kappa shape index (κ2) is 7.45. The first-order chi connectivity index (χ1) is 12.1. The number of rotatable bonds is 5. The van der Waals surface area contributed by atoms with Crippen molar-refractivity contribution in [2.24, 2.45) is 7.05 Å². The highest BCUT2D eigenvalue weighted by atomic mass is 35.5. The molecule has 0 N–H and O–H groups in total. The molecule has 0 fully saturated rings. The van der Waals surface area contributed by atoms with Crippen LogP contribution in [0.25, 0.3) is 17.0 Å². The van der Waals surface area contributed by atoms with Gasteiger partial charge in [0, 0.05) is 35.3 Å². The van der Waals surface area contributed by atoms with Gasteiger partial charge in [-0.3, -0.25) is 0 Å². The maximum atomic E-state index is 11.6. The fraction of sp³-hybridized carbons (Fsp3) is 0.150. The smallest absolute Gasteiger partial charge is 0.330 e. The summed E-state index contributed by atoms with van der Waals surface area (Å²) in [6.07, 6.45) is 5.13. The van der Waals surface area contributed by atoms with Crippen LogP contribution in [0.2, 0.25) is 5.02 Å². The minimum Gasteiger partial charge on any atom is -0.463 e. The zero-order chi connectivity index (χ0) is 17.8. The van der Waals surface area contributed by atoms with Crippen LogP contribution in [-0.2, 0) is 16.6 Å². The lowest BCUT2D eigenvalue weighted by Gasteiger charge is -2.08. The van der Waals surface area contributed by atoms with Gasteiger partial charge in [-0.1, -0.05) is 17.7 Å². The standard InChI is InChI=1S/C20H18ClNO3/c1-3-24-19(23)12-7-14-13-22(2)17-5-4-6-18(20(14)17)25-16-10-8-15(21)9-11-16/h4-13H,3H2,1-2H3/b12-7+. The van der Waals surface area contributed by atoms with E-state index in [4.69, 9.17) is 21.1 Å². The van der Waals surface area contributed by atoms with E-state index in [1.165, 1.54) is 6.08 Å². The molecule has 0 aliphatic carbocycles. The van der Waals surface area contributed by atoms with Crippen LogP contribution < -0.4 is 4.74 Å². The fourth-order valence-corrected chi connectivity index (χ4v) is 2.76. The molecule has 3 rings (SSSR count). The van der Waals surface area contributed by atoms with Crippen molar-refractivity contribution in [1.82, 2.24) is 4.57 Å². The van der Waals surface area contributed by atoms with E-state index in [0.29, 0.717) is 23.1 Å². The first kappa shape index (κ1) is 17.1. The van der Waals surface area contributed by atoms with Crippen LogP contribution in [-0.4, -0.2) is 17.1 Å². The Hall–Kier alpha value is -2.72. The predicted molar refractivity (Wildman–Crippen MR) is 100 cm³/mol. The Morgan fingerprint density at radius 3 is 2.68 bits per heavy atom. The number of halogens is 1. The topological polar surface area (TPSA) is 40.5 Å². The number of nitrogens with zero attached hydrogens (tertiary/aromatic N) is 1. The fourth-order valence-electron chi connectivity index (χ4n) is 2.64. The van der Waals surface area contributed by atoms with Crippen LogP contribution in [0.4, 0.5) is 0 Å². The van der Waals surface area contributed by atoms with Crippen LogP contribution in [0.15, 0.2) is 54.7 Å². The summed E-state index contributed by atoms with van der Waals surface area (Å²) in [5, 5.41) is 1.59. The number of aromatic nitrogens is 1. The second-order valence-corrected chi connectivity index (χ2v) is 5.92. The van der Waals surface area contributed by atoms with E-state index in [1.54, 1.807) is 25.1 Å². The highest BCUT2D eigenvalue weighted by Crippen LogP contribution is 2.34. The van der Waals surface area contributed by atoms with Crippen molar-refractivity contribution < 1.29 is 14.3 Å². The number of esters is 1. The molecule has 0 aliphatic heterocycles. The Bertz CT molecular complexity index is 926. The van der Waals surface area contributed by atoms with Gasteiger partial charge >= 0.3 is 5.97 Å². The molecule has 0 saturated carbocycles. The van der Waals surface area contributed by atoms with Crippen LogP contribution in [0.5, 0.6) is 11.5 Å². The number of carbonyl (C=O) groups excluding carboxylic acids is 1. The zero-order valence-corrected chi connectivity index (χ0v) is 14.8. The average Bonchev–Trinajstić information content (AvgIpc) is 2.93. The van der Waals surface area contributed by atoms with E-state index in [1.807, 2.05) is 48.1 Å². The minimum atomic E-state index is -0.365. The van der Waals surface area contributed by atoms with Crippen molar-refractivity contribution >= 4 is 34.5 Å². The summed E-state index contributed by atoms with van der Waals surface area (Å²) in [5.74, 6) is 1.04. The van der Waals surface area contributed by atoms with Crippen LogP contribution in [0, 0.1) is 0 Å². The third-order valence-electron chi connectivity index (χ3n) is 3.73. The molecule has 128 valence electrons. The molecule has 0 radical (unpaired) electrons. The van der Waals surface area contributed by atoms with Gasteiger partial charge in [0.25, 0.3) is 0 Å². The molecule has 1 aromatic heterocycles. The molecule has 0 atom stereocenters. The number of benzene rings is 2. The van der Waals surface area contributed by atoms with Gasteiger partial charge < -0.3 is 14.0 Å². The molecule has 0 saturated heterocycles. The van der Waals surface area contributed by atoms with E-state index in [9.17, 15) is 4.79 Å². The number of aryl methyl sites for hydroxylation is 1. The monoisotopic (exact) mass is 355 g/mol. The molecule has 5 heteroatoms. The molecule has 25 heavy (non-hydrogen) atoms. The van der Waals surface area contributed by atoms with Gasteiger partial charge in [-0.15, -0.1) is 0 Å². The third-order valence-corrected chi connectivity index (χ3v) is 3.98. The van der Waals surface area contributed by atoms with Crippen LogP contribution in [0.1, 0.15) is 12.5 Å². The highest BCUT2D eigenvalue weighted by Gasteiger charge is 2.11.